The summed E-state index contributed by atoms with van der Waals surface area (Å²) in [5.74, 6) is 7.42. The highest BCUT2D eigenvalue weighted by Crippen LogP contribution is 2.52. The van der Waals surface area contributed by atoms with Gasteiger partial charge in [-0.1, -0.05) is 36.4 Å². The number of rotatable bonds is 5. The van der Waals surface area contributed by atoms with E-state index in [0.717, 1.165) is 73.0 Å². The molecule has 2 aliphatic rings. The molecule has 0 radical (unpaired) electrons. The summed E-state index contributed by atoms with van der Waals surface area (Å²) < 4.78 is 13.6. The van der Waals surface area contributed by atoms with Gasteiger partial charge in [-0.15, -0.1) is 0 Å². The number of ether oxygens (including phenoxy) is 2. The van der Waals surface area contributed by atoms with Crippen molar-refractivity contribution in [1.82, 2.24) is 5.01 Å². The molecule has 0 bridgehead atoms. The van der Waals surface area contributed by atoms with E-state index in [1.54, 1.807) is 12.1 Å². The number of carbonyl (C=O) groups excluding carboxylic acids is 2. The van der Waals surface area contributed by atoms with Gasteiger partial charge in [0.2, 0.25) is 0 Å². The Morgan fingerprint density at radius 2 is 1.04 bits per heavy atom. The quantitative estimate of drug-likeness (QED) is 0.0651. The van der Waals surface area contributed by atoms with Crippen LogP contribution < -0.4 is 20.2 Å². The first-order valence-corrected chi connectivity index (χ1v) is 17.3. The largest absolute Gasteiger partial charge is 0.457 e. The zero-order valence-corrected chi connectivity index (χ0v) is 28.6. The molecule has 0 atom stereocenters. The maximum atomic E-state index is 13.8. The summed E-state index contributed by atoms with van der Waals surface area (Å²) in [5.41, 5.74) is 6.11. The predicted molar refractivity (Wildman–Crippen MR) is 200 cm³/mol. The Bertz CT molecular complexity index is 2420. The summed E-state index contributed by atoms with van der Waals surface area (Å²) in [4.78, 5) is 30.2. The van der Waals surface area contributed by atoms with Gasteiger partial charge in [-0.05, 0) is 128 Å². The smallest absolute Gasteiger partial charge is 0.275 e. The second-order valence-electron chi connectivity index (χ2n) is 14.1. The van der Waals surface area contributed by atoms with E-state index in [9.17, 15) is 9.59 Å². The number of amides is 2. The van der Waals surface area contributed by atoms with E-state index in [4.69, 9.17) is 15.3 Å². The molecule has 7 heteroatoms. The van der Waals surface area contributed by atoms with Gasteiger partial charge in [-0.3, -0.25) is 9.59 Å². The van der Waals surface area contributed by atoms with E-state index in [0.29, 0.717) is 44.5 Å². The van der Waals surface area contributed by atoms with E-state index in [2.05, 4.69) is 47.4 Å². The van der Waals surface area contributed by atoms with Crippen LogP contribution in [0.1, 0.15) is 62.2 Å². The van der Waals surface area contributed by atoms with Crippen molar-refractivity contribution in [1.29, 1.82) is 0 Å². The standard InChI is InChI=1S/C43H37N3O4/c1-23-15-24(2)18-27(17-23)49-35-21-32-38-33(43(48)46(44)42(32)47)22-36(50-28-19-25(3)16-26(4)20-28)40-31-11-12-34(45-13-6-5-7-14-45)29-9-8-10-30(37(29)31)39(35)41(38)40/h8-12,15-22H,5-7,13-14,44H2,1-4H3. The number of piperidine rings is 1. The average molecular weight is 660 g/mol. The van der Waals surface area contributed by atoms with Gasteiger partial charge in [0.15, 0.2) is 0 Å². The molecule has 1 fully saturated rings. The molecule has 2 heterocycles. The summed E-state index contributed by atoms with van der Waals surface area (Å²) >= 11 is 0. The van der Waals surface area contributed by atoms with Crippen molar-refractivity contribution in [3.8, 4) is 23.0 Å². The number of benzene rings is 7. The van der Waals surface area contributed by atoms with Crippen molar-refractivity contribution in [2.45, 2.75) is 47.0 Å². The Balaban J connectivity index is 1.46. The van der Waals surface area contributed by atoms with Crippen molar-refractivity contribution >= 4 is 60.6 Å². The van der Waals surface area contributed by atoms with Crippen LogP contribution in [-0.2, 0) is 0 Å². The lowest BCUT2D eigenvalue weighted by Crippen LogP contribution is -2.45. The van der Waals surface area contributed by atoms with Crippen molar-refractivity contribution in [3.63, 3.8) is 0 Å². The first-order valence-electron chi connectivity index (χ1n) is 17.3. The minimum atomic E-state index is -0.572. The second kappa shape index (κ2) is 11.2. The minimum absolute atomic E-state index is 0.319. The topological polar surface area (TPSA) is 85.1 Å². The lowest BCUT2D eigenvalue weighted by molar-refractivity contribution is 0.0609. The molecule has 0 spiro atoms. The summed E-state index contributed by atoms with van der Waals surface area (Å²) in [6.45, 7) is 10.2. The highest BCUT2D eigenvalue weighted by Gasteiger charge is 2.36. The van der Waals surface area contributed by atoms with Gasteiger partial charge >= 0.3 is 0 Å². The van der Waals surface area contributed by atoms with Crippen LogP contribution >= 0.6 is 0 Å². The zero-order valence-electron chi connectivity index (χ0n) is 28.6. The van der Waals surface area contributed by atoms with Crippen LogP contribution in [0.5, 0.6) is 23.0 Å². The van der Waals surface area contributed by atoms with E-state index in [-0.39, 0.29) is 0 Å². The Morgan fingerprint density at radius 1 is 0.540 bits per heavy atom. The third-order valence-corrected chi connectivity index (χ3v) is 10.3. The number of nitrogens with two attached hydrogens (primary N) is 1. The maximum Gasteiger partial charge on any atom is 0.275 e. The molecule has 0 saturated carbocycles. The van der Waals surface area contributed by atoms with Crippen molar-refractivity contribution in [2.75, 3.05) is 18.0 Å². The van der Waals surface area contributed by atoms with Crippen LogP contribution in [0.4, 0.5) is 5.69 Å². The number of hydrazine groups is 1. The van der Waals surface area contributed by atoms with E-state index in [1.807, 2.05) is 52.0 Å². The van der Waals surface area contributed by atoms with Crippen molar-refractivity contribution in [3.05, 3.63) is 112 Å². The Morgan fingerprint density at radius 3 is 1.58 bits per heavy atom. The molecule has 0 unspecified atom stereocenters. The zero-order chi connectivity index (χ0) is 34.4. The Hall–Kier alpha value is -5.66. The lowest BCUT2D eigenvalue weighted by atomic mass is 9.83. The van der Waals surface area contributed by atoms with Crippen LogP contribution in [-0.4, -0.2) is 29.9 Å². The molecular weight excluding hydrogens is 622 g/mol. The van der Waals surface area contributed by atoms with Crippen LogP contribution in [0, 0.1) is 27.7 Å². The molecule has 2 aliphatic heterocycles. The minimum Gasteiger partial charge on any atom is -0.457 e. The highest BCUT2D eigenvalue weighted by atomic mass is 16.5. The van der Waals surface area contributed by atoms with E-state index < -0.39 is 11.8 Å². The molecule has 50 heavy (non-hydrogen) atoms. The molecule has 9 rings (SSSR count). The van der Waals surface area contributed by atoms with Crippen LogP contribution in [0.25, 0.3) is 43.1 Å². The number of hydrogen-bond acceptors (Lipinski definition) is 6. The number of fused-ring (bicyclic) bond motifs is 2. The normalized spacial score (nSPS) is 14.9. The average Bonchev–Trinajstić information content (AvgIpc) is 3.08. The third kappa shape index (κ3) is 4.61. The molecule has 7 nitrogen and oxygen atoms in total. The molecule has 2 amide bonds. The van der Waals surface area contributed by atoms with Gasteiger partial charge in [0, 0.05) is 45.7 Å². The molecule has 0 aliphatic carbocycles. The third-order valence-electron chi connectivity index (χ3n) is 10.3. The second-order valence-corrected chi connectivity index (χ2v) is 14.1. The SMILES string of the molecule is Cc1cc(C)cc(Oc2cc3c4c(cc(Oc5cc(C)cc(C)c5)c5c6ccc(N7CCCCC7)c7cccc(c2c45)c76)C(=O)N(N)C3=O)c1. The fourth-order valence-corrected chi connectivity index (χ4v) is 8.43. The van der Waals surface area contributed by atoms with Gasteiger partial charge in [0.1, 0.15) is 23.0 Å². The van der Waals surface area contributed by atoms with Gasteiger partial charge in [-0.2, -0.15) is 0 Å². The van der Waals surface area contributed by atoms with Gasteiger partial charge in [-0.25, -0.2) is 10.9 Å². The van der Waals surface area contributed by atoms with Gasteiger partial charge in [0.05, 0.1) is 11.1 Å². The monoisotopic (exact) mass is 659 g/mol. The van der Waals surface area contributed by atoms with Gasteiger partial charge < -0.3 is 14.4 Å². The van der Waals surface area contributed by atoms with Crippen molar-refractivity contribution in [2.24, 2.45) is 5.84 Å². The molecule has 0 aromatic heterocycles. The number of hydrogen-bond donors (Lipinski definition) is 1. The van der Waals surface area contributed by atoms with Crippen LogP contribution in [0.3, 0.4) is 0 Å². The fourth-order valence-electron chi connectivity index (χ4n) is 8.43. The molecule has 7 aromatic rings. The lowest BCUT2D eigenvalue weighted by Gasteiger charge is -2.31. The van der Waals surface area contributed by atoms with Crippen LogP contribution in [0.2, 0.25) is 0 Å². The number of carbonyl (C=O) groups is 2. The number of imide groups is 1. The Labute approximate surface area is 290 Å². The molecular formula is C43H37N3O4. The van der Waals surface area contributed by atoms with Gasteiger partial charge in [0.25, 0.3) is 11.8 Å². The highest BCUT2D eigenvalue weighted by molar-refractivity contribution is 6.41. The van der Waals surface area contributed by atoms with E-state index in [1.165, 1.54) is 24.9 Å². The Kier molecular flexibility index (Phi) is 6.80. The van der Waals surface area contributed by atoms with Crippen molar-refractivity contribution < 1.29 is 19.1 Å². The first kappa shape index (κ1) is 30.4. The number of aryl methyl sites for hydroxylation is 4. The summed E-state index contributed by atoms with van der Waals surface area (Å²) in [5, 5.41) is 7.87. The van der Waals surface area contributed by atoms with Crippen LogP contribution in [0.15, 0.2) is 78.9 Å². The summed E-state index contributed by atoms with van der Waals surface area (Å²) in [6, 6.07) is 26.5. The molecule has 7 aromatic carbocycles. The fraction of sp³-hybridized carbons (Fsp3) is 0.209. The maximum absolute atomic E-state index is 13.8. The summed E-state index contributed by atoms with van der Waals surface area (Å²) in [6.07, 6.45) is 3.57. The molecule has 248 valence electrons. The first-order chi connectivity index (χ1) is 24.2. The van der Waals surface area contributed by atoms with E-state index >= 15 is 0 Å². The predicted octanol–water partition coefficient (Wildman–Crippen LogP) is 10.0. The number of nitrogens with zero attached hydrogens (tertiary/aromatic N) is 2. The summed E-state index contributed by atoms with van der Waals surface area (Å²) in [7, 11) is 0. The number of anilines is 1. The molecule has 2 N–H and O–H groups in total. The molecule has 1 saturated heterocycles.